The molecule has 2 aliphatic rings. The largest absolute Gasteiger partial charge is 0.356 e. The molecule has 2 atom stereocenters. The van der Waals surface area contributed by atoms with Crippen molar-refractivity contribution in [2.75, 3.05) is 16.8 Å². The molecular formula is C18H16BrN3O2. The van der Waals surface area contributed by atoms with E-state index in [1.165, 1.54) is 0 Å². The molecule has 2 aromatic rings. The number of para-hydroxylation sites is 2. The monoisotopic (exact) mass is 385 g/mol. The molecule has 2 heterocycles. The Morgan fingerprint density at radius 3 is 2.88 bits per heavy atom. The molecule has 0 aliphatic carbocycles. The Morgan fingerprint density at radius 1 is 1.21 bits per heavy atom. The van der Waals surface area contributed by atoms with Crippen molar-refractivity contribution in [3.05, 3.63) is 58.6 Å². The molecule has 1 saturated heterocycles. The number of hydrogen-bond acceptors (Lipinski definition) is 3. The second kappa shape index (κ2) is 5.94. The number of amides is 2. The van der Waals surface area contributed by atoms with Gasteiger partial charge in [0.2, 0.25) is 5.91 Å². The lowest BCUT2D eigenvalue weighted by Gasteiger charge is -2.32. The van der Waals surface area contributed by atoms with E-state index in [4.69, 9.17) is 0 Å². The SMILES string of the molecule is O=C(NC1CC2C(=O)Nc3ccccc3N2C1)c1cccc(Br)c1. The van der Waals surface area contributed by atoms with E-state index in [2.05, 4.69) is 31.5 Å². The number of fused-ring (bicyclic) bond motifs is 3. The van der Waals surface area contributed by atoms with Gasteiger partial charge in [0, 0.05) is 22.6 Å². The molecule has 1 fully saturated rings. The highest BCUT2D eigenvalue weighted by molar-refractivity contribution is 9.10. The van der Waals surface area contributed by atoms with Gasteiger partial charge in [-0.05, 0) is 36.8 Å². The third-order valence-corrected chi connectivity index (χ3v) is 4.99. The molecule has 2 unspecified atom stereocenters. The lowest BCUT2D eigenvalue weighted by molar-refractivity contribution is -0.117. The number of halogens is 1. The first kappa shape index (κ1) is 15.2. The highest BCUT2D eigenvalue weighted by atomic mass is 79.9. The fourth-order valence-electron chi connectivity index (χ4n) is 3.40. The van der Waals surface area contributed by atoms with Gasteiger partial charge in [-0.25, -0.2) is 0 Å². The standard InChI is InChI=1S/C18H16BrN3O2/c19-12-5-3-4-11(8-12)17(23)20-13-9-16-18(24)21-14-6-1-2-7-15(14)22(16)10-13/h1-8,13,16H,9-10H2,(H,20,23)(H,21,24). The second-order valence-corrected chi connectivity index (χ2v) is 7.01. The average molecular weight is 386 g/mol. The summed E-state index contributed by atoms with van der Waals surface area (Å²) in [5, 5.41) is 5.99. The highest BCUT2D eigenvalue weighted by Crippen LogP contribution is 2.36. The Bertz CT molecular complexity index is 823. The smallest absolute Gasteiger partial charge is 0.251 e. The number of nitrogens with zero attached hydrogens (tertiary/aromatic N) is 1. The Morgan fingerprint density at radius 2 is 2.04 bits per heavy atom. The second-order valence-electron chi connectivity index (χ2n) is 6.09. The molecule has 0 radical (unpaired) electrons. The van der Waals surface area contributed by atoms with Crippen molar-refractivity contribution < 1.29 is 9.59 Å². The highest BCUT2D eigenvalue weighted by Gasteiger charge is 2.41. The van der Waals surface area contributed by atoms with Crippen LogP contribution in [0.5, 0.6) is 0 Å². The van der Waals surface area contributed by atoms with Crippen LogP contribution in [0.25, 0.3) is 0 Å². The van der Waals surface area contributed by atoms with Gasteiger partial charge in [-0.2, -0.15) is 0 Å². The van der Waals surface area contributed by atoms with Crippen LogP contribution in [-0.4, -0.2) is 30.4 Å². The zero-order valence-corrected chi connectivity index (χ0v) is 14.4. The number of rotatable bonds is 2. The van der Waals surface area contributed by atoms with Gasteiger partial charge in [-0.1, -0.05) is 34.1 Å². The first-order chi connectivity index (χ1) is 11.6. The van der Waals surface area contributed by atoms with E-state index in [1.807, 2.05) is 36.4 Å². The van der Waals surface area contributed by atoms with Crippen LogP contribution in [0.4, 0.5) is 11.4 Å². The topological polar surface area (TPSA) is 61.4 Å². The van der Waals surface area contributed by atoms with Crippen LogP contribution in [-0.2, 0) is 4.79 Å². The van der Waals surface area contributed by atoms with Crippen molar-refractivity contribution in [3.8, 4) is 0 Å². The van der Waals surface area contributed by atoms with Gasteiger partial charge in [-0.15, -0.1) is 0 Å². The van der Waals surface area contributed by atoms with Crippen LogP contribution >= 0.6 is 15.9 Å². The van der Waals surface area contributed by atoms with Crippen molar-refractivity contribution in [1.82, 2.24) is 5.32 Å². The van der Waals surface area contributed by atoms with Crippen molar-refractivity contribution in [2.45, 2.75) is 18.5 Å². The summed E-state index contributed by atoms with van der Waals surface area (Å²) in [4.78, 5) is 26.8. The van der Waals surface area contributed by atoms with Crippen LogP contribution in [0.3, 0.4) is 0 Å². The summed E-state index contributed by atoms with van der Waals surface area (Å²) in [6.07, 6.45) is 0.611. The van der Waals surface area contributed by atoms with E-state index in [0.29, 0.717) is 18.5 Å². The Labute approximate surface area is 148 Å². The van der Waals surface area contributed by atoms with Crippen LogP contribution < -0.4 is 15.5 Å². The zero-order valence-electron chi connectivity index (χ0n) is 12.8. The van der Waals surface area contributed by atoms with Crippen LogP contribution in [0.15, 0.2) is 53.0 Å². The fourth-order valence-corrected chi connectivity index (χ4v) is 3.80. The minimum Gasteiger partial charge on any atom is -0.356 e. The molecule has 0 bridgehead atoms. The molecule has 2 N–H and O–H groups in total. The maximum atomic E-state index is 12.4. The summed E-state index contributed by atoms with van der Waals surface area (Å²) in [6.45, 7) is 0.634. The van der Waals surface area contributed by atoms with E-state index < -0.39 is 0 Å². The minimum absolute atomic E-state index is 0.00657. The molecule has 2 amide bonds. The van der Waals surface area contributed by atoms with E-state index in [-0.39, 0.29) is 23.9 Å². The summed E-state index contributed by atoms with van der Waals surface area (Å²) < 4.78 is 0.868. The number of carbonyl (C=O) groups is 2. The lowest BCUT2D eigenvalue weighted by atomic mass is 10.1. The van der Waals surface area contributed by atoms with Gasteiger partial charge in [0.25, 0.3) is 5.91 Å². The maximum absolute atomic E-state index is 12.4. The molecule has 6 heteroatoms. The van der Waals surface area contributed by atoms with Gasteiger partial charge in [-0.3, -0.25) is 9.59 Å². The van der Waals surface area contributed by atoms with E-state index in [0.717, 1.165) is 15.8 Å². The molecule has 0 spiro atoms. The summed E-state index contributed by atoms with van der Waals surface area (Å²) in [6, 6.07) is 14.8. The first-order valence-corrected chi connectivity index (χ1v) is 8.64. The summed E-state index contributed by atoms with van der Waals surface area (Å²) in [5.74, 6) is -0.122. The first-order valence-electron chi connectivity index (χ1n) is 7.85. The quantitative estimate of drug-likeness (QED) is 0.835. The third-order valence-electron chi connectivity index (χ3n) is 4.50. The summed E-state index contributed by atoms with van der Waals surface area (Å²) >= 11 is 3.38. The average Bonchev–Trinajstić information content (AvgIpc) is 2.99. The Hall–Kier alpha value is -2.34. The minimum atomic E-state index is -0.229. The zero-order chi connectivity index (χ0) is 16.7. The maximum Gasteiger partial charge on any atom is 0.251 e. The molecule has 2 aliphatic heterocycles. The van der Waals surface area contributed by atoms with Gasteiger partial charge in [0.05, 0.1) is 11.4 Å². The molecule has 122 valence electrons. The number of hydrogen-bond donors (Lipinski definition) is 2. The fraction of sp³-hybridized carbons (Fsp3) is 0.222. The van der Waals surface area contributed by atoms with E-state index in [1.54, 1.807) is 12.1 Å². The van der Waals surface area contributed by atoms with E-state index >= 15 is 0 Å². The molecule has 24 heavy (non-hydrogen) atoms. The van der Waals surface area contributed by atoms with Gasteiger partial charge in [0.1, 0.15) is 6.04 Å². The Balaban J connectivity index is 1.52. The lowest BCUT2D eigenvalue weighted by Crippen LogP contribution is -2.44. The molecule has 2 aromatic carbocycles. The molecule has 0 aromatic heterocycles. The molecule has 0 saturated carbocycles. The van der Waals surface area contributed by atoms with Gasteiger partial charge >= 0.3 is 0 Å². The van der Waals surface area contributed by atoms with Crippen LogP contribution in [0.2, 0.25) is 0 Å². The van der Waals surface area contributed by atoms with Gasteiger partial charge < -0.3 is 15.5 Å². The molecule has 5 nitrogen and oxygen atoms in total. The number of nitrogens with one attached hydrogen (secondary N) is 2. The van der Waals surface area contributed by atoms with Crippen molar-refractivity contribution in [3.63, 3.8) is 0 Å². The number of anilines is 2. The van der Waals surface area contributed by atoms with E-state index in [9.17, 15) is 9.59 Å². The molecular weight excluding hydrogens is 370 g/mol. The van der Waals surface area contributed by atoms with Crippen molar-refractivity contribution in [2.24, 2.45) is 0 Å². The number of benzene rings is 2. The molecule has 4 rings (SSSR count). The van der Waals surface area contributed by atoms with Crippen molar-refractivity contribution in [1.29, 1.82) is 0 Å². The third kappa shape index (κ3) is 2.67. The van der Waals surface area contributed by atoms with Crippen LogP contribution in [0, 0.1) is 0 Å². The summed E-state index contributed by atoms with van der Waals surface area (Å²) in [7, 11) is 0. The summed E-state index contributed by atoms with van der Waals surface area (Å²) in [5.41, 5.74) is 2.46. The van der Waals surface area contributed by atoms with Gasteiger partial charge in [0.15, 0.2) is 0 Å². The van der Waals surface area contributed by atoms with Crippen molar-refractivity contribution >= 4 is 39.1 Å². The predicted molar refractivity (Wildman–Crippen MR) is 96.2 cm³/mol. The normalized spacial score (nSPS) is 21.7. The predicted octanol–water partition coefficient (Wildman–Crippen LogP) is 2.78. The van der Waals surface area contributed by atoms with Crippen LogP contribution in [0.1, 0.15) is 16.8 Å². The number of carbonyl (C=O) groups excluding carboxylic acids is 2. The Kier molecular flexibility index (Phi) is 3.76.